The van der Waals surface area contributed by atoms with Gasteiger partial charge in [0.15, 0.2) is 0 Å². The molecule has 0 amide bonds. The number of halogens is 3. The molecule has 3 nitrogen and oxygen atoms in total. The van der Waals surface area contributed by atoms with Crippen molar-refractivity contribution in [3.63, 3.8) is 0 Å². The highest BCUT2D eigenvalue weighted by atomic mass is 35.5. The minimum atomic E-state index is 0.259. The molecule has 0 saturated heterocycles. The van der Waals surface area contributed by atoms with E-state index < -0.39 is 0 Å². The number of para-hydroxylation sites is 1. The van der Waals surface area contributed by atoms with Gasteiger partial charge in [0.25, 0.3) is 0 Å². The van der Waals surface area contributed by atoms with Crippen molar-refractivity contribution >= 4 is 40.6 Å². The first kappa shape index (κ1) is 14.3. The van der Waals surface area contributed by atoms with Crippen molar-refractivity contribution in [2.45, 2.75) is 6.92 Å². The molecule has 0 saturated carbocycles. The fourth-order valence-electron chi connectivity index (χ4n) is 1.44. The van der Waals surface area contributed by atoms with Gasteiger partial charge < -0.3 is 10.1 Å². The first-order valence-corrected chi connectivity index (χ1v) is 6.77. The summed E-state index contributed by atoms with van der Waals surface area (Å²) < 4.78 is 5.61. The minimum Gasteiger partial charge on any atom is -0.436 e. The average Bonchev–Trinajstić information content (AvgIpc) is 2.38. The predicted octanol–water partition coefficient (Wildman–Crippen LogP) is 5.27. The van der Waals surface area contributed by atoms with Gasteiger partial charge in [-0.15, -0.1) is 0 Å². The molecule has 0 radical (unpaired) electrons. The monoisotopic (exact) mass is 316 g/mol. The van der Waals surface area contributed by atoms with Gasteiger partial charge in [-0.2, -0.15) is 4.98 Å². The van der Waals surface area contributed by atoms with Gasteiger partial charge in [0.05, 0.1) is 10.0 Å². The summed E-state index contributed by atoms with van der Waals surface area (Å²) in [5.74, 6) is 1.27. The van der Waals surface area contributed by atoms with E-state index in [0.717, 1.165) is 0 Å². The average molecular weight is 318 g/mol. The normalized spacial score (nSPS) is 10.3. The Labute approximate surface area is 126 Å². The Kier molecular flexibility index (Phi) is 4.75. The fraction of sp³-hybridized carbons (Fsp3) is 0.154. The third-order valence-electron chi connectivity index (χ3n) is 2.28. The Hall–Kier alpha value is -1.16. The molecule has 0 unspecified atom stereocenters. The smallest absolute Gasteiger partial charge is 0.240 e. The second-order valence-corrected chi connectivity index (χ2v) is 4.89. The number of anilines is 1. The van der Waals surface area contributed by atoms with Crippen LogP contribution < -0.4 is 10.1 Å². The second kappa shape index (κ2) is 6.33. The highest BCUT2D eigenvalue weighted by molar-refractivity contribution is 6.36. The summed E-state index contributed by atoms with van der Waals surface area (Å²) in [6.07, 6.45) is 0. The highest BCUT2D eigenvalue weighted by Crippen LogP contribution is 2.35. The van der Waals surface area contributed by atoms with Crippen molar-refractivity contribution < 1.29 is 4.74 Å². The van der Waals surface area contributed by atoms with E-state index in [1.807, 2.05) is 19.1 Å². The highest BCUT2D eigenvalue weighted by Gasteiger charge is 2.12. The third-order valence-corrected chi connectivity index (χ3v) is 3.16. The van der Waals surface area contributed by atoms with Crippen molar-refractivity contribution in [2.75, 3.05) is 11.9 Å². The van der Waals surface area contributed by atoms with Crippen LogP contribution in [0.25, 0.3) is 0 Å². The fourth-order valence-corrected chi connectivity index (χ4v) is 2.08. The number of aromatic nitrogens is 1. The van der Waals surface area contributed by atoms with E-state index in [9.17, 15) is 0 Å². The molecule has 0 atom stereocenters. The van der Waals surface area contributed by atoms with Crippen molar-refractivity contribution in [2.24, 2.45) is 0 Å². The summed E-state index contributed by atoms with van der Waals surface area (Å²) in [4.78, 5) is 4.24. The lowest BCUT2D eigenvalue weighted by Crippen LogP contribution is -2.01. The molecule has 19 heavy (non-hydrogen) atoms. The van der Waals surface area contributed by atoms with Crippen LogP contribution in [0.2, 0.25) is 15.1 Å². The molecular weight excluding hydrogens is 307 g/mol. The maximum absolute atomic E-state index is 6.06. The van der Waals surface area contributed by atoms with Gasteiger partial charge in [-0.05, 0) is 25.1 Å². The zero-order valence-electron chi connectivity index (χ0n) is 10.1. The molecular formula is C13H11Cl3N2O. The van der Waals surface area contributed by atoms with Gasteiger partial charge in [0, 0.05) is 6.54 Å². The quantitative estimate of drug-likeness (QED) is 0.834. The van der Waals surface area contributed by atoms with E-state index in [1.165, 1.54) is 0 Å². The van der Waals surface area contributed by atoms with Gasteiger partial charge in [-0.3, -0.25) is 0 Å². The van der Waals surface area contributed by atoms with Crippen LogP contribution in [0.15, 0.2) is 30.3 Å². The van der Waals surface area contributed by atoms with Gasteiger partial charge in [0.1, 0.15) is 16.6 Å². The van der Waals surface area contributed by atoms with E-state index >= 15 is 0 Å². The lowest BCUT2D eigenvalue weighted by atomic mass is 10.3. The number of nitrogens with one attached hydrogen (secondary N) is 1. The van der Waals surface area contributed by atoms with Crippen LogP contribution in [-0.2, 0) is 0 Å². The molecule has 6 heteroatoms. The first-order chi connectivity index (χ1) is 9.11. The van der Waals surface area contributed by atoms with Crippen LogP contribution in [0.1, 0.15) is 6.92 Å². The van der Waals surface area contributed by atoms with Crippen molar-refractivity contribution in [1.29, 1.82) is 0 Å². The number of benzene rings is 1. The van der Waals surface area contributed by atoms with E-state index in [0.29, 0.717) is 33.2 Å². The molecule has 1 N–H and O–H groups in total. The lowest BCUT2D eigenvalue weighted by Gasteiger charge is -2.11. The molecule has 1 aromatic heterocycles. The Morgan fingerprint density at radius 1 is 1.11 bits per heavy atom. The molecule has 1 aromatic carbocycles. The zero-order chi connectivity index (χ0) is 13.8. The largest absolute Gasteiger partial charge is 0.436 e. The van der Waals surface area contributed by atoms with Crippen molar-refractivity contribution in [1.82, 2.24) is 4.98 Å². The number of rotatable bonds is 4. The summed E-state index contributed by atoms with van der Waals surface area (Å²) in [6.45, 7) is 2.64. The molecule has 0 aliphatic heterocycles. The number of hydrogen-bond donors (Lipinski definition) is 1. The molecule has 0 bridgehead atoms. The van der Waals surface area contributed by atoms with Crippen LogP contribution in [0.3, 0.4) is 0 Å². The predicted molar refractivity (Wildman–Crippen MR) is 79.9 cm³/mol. The third kappa shape index (κ3) is 3.44. The van der Waals surface area contributed by atoms with Gasteiger partial charge in [-0.25, -0.2) is 0 Å². The van der Waals surface area contributed by atoms with E-state index in [4.69, 9.17) is 39.5 Å². The summed E-state index contributed by atoms with van der Waals surface area (Å²) in [6, 6.07) is 8.68. The van der Waals surface area contributed by atoms with Gasteiger partial charge >= 0.3 is 0 Å². The lowest BCUT2D eigenvalue weighted by molar-refractivity contribution is 0.464. The molecule has 0 aliphatic carbocycles. The summed E-state index contributed by atoms with van der Waals surface area (Å²) >= 11 is 18.1. The number of nitrogens with zero attached hydrogens (tertiary/aromatic N) is 1. The maximum atomic E-state index is 6.06. The molecule has 100 valence electrons. The van der Waals surface area contributed by atoms with Crippen LogP contribution >= 0.6 is 34.8 Å². The first-order valence-electron chi connectivity index (χ1n) is 5.64. The standard InChI is InChI=1S/C13H11Cl3N2O/c1-2-17-12-9(15)7-10(16)13(18-12)19-11-6-4-3-5-8(11)14/h3-7H,2H2,1H3,(H,17,18). The zero-order valence-corrected chi connectivity index (χ0v) is 12.4. The number of hydrogen-bond acceptors (Lipinski definition) is 3. The van der Waals surface area contributed by atoms with E-state index in [1.54, 1.807) is 18.2 Å². The van der Waals surface area contributed by atoms with E-state index in [2.05, 4.69) is 10.3 Å². The Morgan fingerprint density at radius 3 is 2.53 bits per heavy atom. The Morgan fingerprint density at radius 2 is 1.84 bits per heavy atom. The Balaban J connectivity index is 2.34. The second-order valence-electron chi connectivity index (χ2n) is 3.67. The topological polar surface area (TPSA) is 34.2 Å². The number of pyridine rings is 1. The molecule has 1 heterocycles. The van der Waals surface area contributed by atoms with Gasteiger partial charge in [-0.1, -0.05) is 46.9 Å². The maximum Gasteiger partial charge on any atom is 0.240 e. The summed E-state index contributed by atoms with van der Waals surface area (Å²) in [5.41, 5.74) is 0. The molecule has 2 rings (SSSR count). The molecule has 0 fully saturated rings. The van der Waals surface area contributed by atoms with Crippen LogP contribution in [0, 0.1) is 0 Å². The summed E-state index contributed by atoms with van der Waals surface area (Å²) in [7, 11) is 0. The molecule has 0 spiro atoms. The SMILES string of the molecule is CCNc1nc(Oc2ccccc2Cl)c(Cl)cc1Cl. The molecule has 0 aliphatic rings. The van der Waals surface area contributed by atoms with Crippen molar-refractivity contribution in [3.05, 3.63) is 45.4 Å². The molecule has 2 aromatic rings. The van der Waals surface area contributed by atoms with Crippen LogP contribution in [-0.4, -0.2) is 11.5 Å². The number of ether oxygens (including phenoxy) is 1. The van der Waals surface area contributed by atoms with Crippen LogP contribution in [0.4, 0.5) is 5.82 Å². The van der Waals surface area contributed by atoms with Crippen molar-refractivity contribution in [3.8, 4) is 11.6 Å². The van der Waals surface area contributed by atoms with Crippen LogP contribution in [0.5, 0.6) is 11.6 Å². The van der Waals surface area contributed by atoms with E-state index in [-0.39, 0.29) is 5.88 Å². The Bertz CT molecular complexity index is 590. The van der Waals surface area contributed by atoms with Gasteiger partial charge in [0.2, 0.25) is 5.88 Å². The summed E-state index contributed by atoms with van der Waals surface area (Å²) in [5, 5.41) is 4.28. The minimum absolute atomic E-state index is 0.259.